The Labute approximate surface area is 125 Å². The van der Waals surface area contributed by atoms with Gasteiger partial charge in [-0.2, -0.15) is 13.2 Å². The number of nitrogens with one attached hydrogen (secondary N) is 1. The SMILES string of the molecule is CC(C)(CCCO)CNc1cc(Br)ccc1C(F)(F)F. The van der Waals surface area contributed by atoms with Crippen LogP contribution in [0.3, 0.4) is 0 Å². The molecule has 1 aromatic rings. The molecule has 0 aliphatic rings. The van der Waals surface area contributed by atoms with Crippen molar-refractivity contribution in [1.82, 2.24) is 0 Å². The van der Waals surface area contributed by atoms with E-state index in [0.717, 1.165) is 12.5 Å². The first kappa shape index (κ1) is 17.3. The molecule has 2 N–H and O–H groups in total. The van der Waals surface area contributed by atoms with Crippen LogP contribution in [0, 0.1) is 5.41 Å². The topological polar surface area (TPSA) is 32.3 Å². The second kappa shape index (κ2) is 6.80. The Morgan fingerprint density at radius 1 is 1.25 bits per heavy atom. The maximum atomic E-state index is 12.9. The third kappa shape index (κ3) is 5.32. The molecule has 20 heavy (non-hydrogen) atoms. The van der Waals surface area contributed by atoms with Crippen LogP contribution in [0.2, 0.25) is 0 Å². The number of anilines is 1. The van der Waals surface area contributed by atoms with Crippen LogP contribution in [0.4, 0.5) is 18.9 Å². The monoisotopic (exact) mass is 353 g/mol. The lowest BCUT2D eigenvalue weighted by atomic mass is 9.87. The number of hydrogen-bond donors (Lipinski definition) is 2. The van der Waals surface area contributed by atoms with Crippen LogP contribution < -0.4 is 5.32 Å². The second-order valence-electron chi connectivity index (χ2n) is 5.53. The zero-order chi connectivity index (χ0) is 15.4. The number of rotatable bonds is 6. The van der Waals surface area contributed by atoms with Gasteiger partial charge in [-0.3, -0.25) is 0 Å². The van der Waals surface area contributed by atoms with Gasteiger partial charge in [-0.05, 0) is 36.5 Å². The summed E-state index contributed by atoms with van der Waals surface area (Å²) in [5.74, 6) is 0. The van der Waals surface area contributed by atoms with Crippen LogP contribution >= 0.6 is 15.9 Å². The number of aliphatic hydroxyl groups excluding tert-OH is 1. The van der Waals surface area contributed by atoms with Crippen molar-refractivity contribution in [1.29, 1.82) is 0 Å². The van der Waals surface area contributed by atoms with Gasteiger partial charge >= 0.3 is 6.18 Å². The van der Waals surface area contributed by atoms with Crippen molar-refractivity contribution >= 4 is 21.6 Å². The summed E-state index contributed by atoms with van der Waals surface area (Å²) in [6.45, 7) is 4.42. The second-order valence-corrected chi connectivity index (χ2v) is 6.45. The minimum atomic E-state index is -4.38. The van der Waals surface area contributed by atoms with Gasteiger partial charge in [-0.1, -0.05) is 29.8 Å². The van der Waals surface area contributed by atoms with Gasteiger partial charge in [-0.15, -0.1) is 0 Å². The van der Waals surface area contributed by atoms with Gasteiger partial charge < -0.3 is 10.4 Å². The lowest BCUT2D eigenvalue weighted by molar-refractivity contribution is -0.137. The molecule has 0 atom stereocenters. The molecule has 0 saturated carbocycles. The molecule has 0 radical (unpaired) electrons. The van der Waals surface area contributed by atoms with Gasteiger partial charge in [0.25, 0.3) is 0 Å². The fourth-order valence-corrected chi connectivity index (χ4v) is 2.25. The summed E-state index contributed by atoms with van der Waals surface area (Å²) in [4.78, 5) is 0. The van der Waals surface area contributed by atoms with Crippen molar-refractivity contribution in [2.45, 2.75) is 32.9 Å². The molecule has 0 spiro atoms. The lowest BCUT2D eigenvalue weighted by Gasteiger charge is -2.26. The number of benzene rings is 1. The Morgan fingerprint density at radius 2 is 1.90 bits per heavy atom. The molecular weight excluding hydrogens is 335 g/mol. The van der Waals surface area contributed by atoms with E-state index in [1.807, 2.05) is 13.8 Å². The Hall–Kier alpha value is -0.750. The number of aliphatic hydroxyl groups is 1. The predicted molar refractivity (Wildman–Crippen MR) is 77.7 cm³/mol. The zero-order valence-electron chi connectivity index (χ0n) is 11.5. The van der Waals surface area contributed by atoms with E-state index in [4.69, 9.17) is 5.11 Å². The fraction of sp³-hybridized carbons (Fsp3) is 0.571. The summed E-state index contributed by atoms with van der Waals surface area (Å²) >= 11 is 3.19. The van der Waals surface area contributed by atoms with Gasteiger partial charge in [0.05, 0.1) is 5.56 Å². The van der Waals surface area contributed by atoms with E-state index in [1.54, 1.807) is 0 Å². The van der Waals surface area contributed by atoms with E-state index in [0.29, 0.717) is 17.4 Å². The zero-order valence-corrected chi connectivity index (χ0v) is 13.1. The van der Waals surface area contributed by atoms with Gasteiger partial charge in [0.2, 0.25) is 0 Å². The van der Waals surface area contributed by atoms with Crippen LogP contribution in [0.15, 0.2) is 22.7 Å². The normalized spacial score (nSPS) is 12.6. The van der Waals surface area contributed by atoms with Crippen molar-refractivity contribution < 1.29 is 18.3 Å². The van der Waals surface area contributed by atoms with E-state index in [9.17, 15) is 13.2 Å². The van der Waals surface area contributed by atoms with Crippen LogP contribution in [0.5, 0.6) is 0 Å². The van der Waals surface area contributed by atoms with Crippen LogP contribution in [-0.2, 0) is 6.18 Å². The van der Waals surface area contributed by atoms with Gasteiger partial charge in [-0.25, -0.2) is 0 Å². The quantitative estimate of drug-likeness (QED) is 0.778. The van der Waals surface area contributed by atoms with Crippen molar-refractivity contribution in [3.05, 3.63) is 28.2 Å². The highest BCUT2D eigenvalue weighted by atomic mass is 79.9. The molecule has 0 bridgehead atoms. The molecule has 0 aliphatic heterocycles. The first-order valence-corrected chi connectivity index (χ1v) is 7.16. The minimum Gasteiger partial charge on any atom is -0.396 e. The van der Waals surface area contributed by atoms with E-state index in [-0.39, 0.29) is 17.7 Å². The lowest BCUT2D eigenvalue weighted by Crippen LogP contribution is -2.24. The maximum absolute atomic E-state index is 12.9. The van der Waals surface area contributed by atoms with Crippen molar-refractivity contribution in [2.75, 3.05) is 18.5 Å². The highest BCUT2D eigenvalue weighted by Gasteiger charge is 2.33. The molecule has 0 unspecified atom stereocenters. The average molecular weight is 354 g/mol. The van der Waals surface area contributed by atoms with E-state index >= 15 is 0 Å². The standard InChI is InChI=1S/C14H19BrF3NO/c1-13(2,6-3-7-20)9-19-12-8-10(15)4-5-11(12)14(16,17)18/h4-5,8,19-20H,3,6-7,9H2,1-2H3. The summed E-state index contributed by atoms with van der Waals surface area (Å²) in [6, 6.07) is 3.88. The Morgan fingerprint density at radius 3 is 2.45 bits per heavy atom. The molecule has 0 heterocycles. The summed E-state index contributed by atoms with van der Waals surface area (Å²) in [5.41, 5.74) is -0.781. The van der Waals surface area contributed by atoms with Crippen LogP contribution in [0.25, 0.3) is 0 Å². The molecule has 0 fully saturated rings. The maximum Gasteiger partial charge on any atom is 0.418 e. The molecule has 1 aromatic carbocycles. The molecule has 6 heteroatoms. The number of alkyl halides is 3. The summed E-state index contributed by atoms with van der Waals surface area (Å²) < 4.78 is 39.3. The molecule has 0 saturated heterocycles. The molecule has 0 aromatic heterocycles. The van der Waals surface area contributed by atoms with Crippen LogP contribution in [0.1, 0.15) is 32.3 Å². The Bertz CT molecular complexity index is 447. The van der Waals surface area contributed by atoms with E-state index < -0.39 is 11.7 Å². The molecule has 0 aliphatic carbocycles. The Balaban J connectivity index is 2.84. The summed E-state index contributed by atoms with van der Waals surface area (Å²) in [7, 11) is 0. The number of halogens is 4. The molecule has 114 valence electrons. The number of hydrogen-bond acceptors (Lipinski definition) is 2. The van der Waals surface area contributed by atoms with Gasteiger partial charge in [0.1, 0.15) is 0 Å². The molecule has 1 rings (SSSR count). The van der Waals surface area contributed by atoms with Gasteiger partial charge in [0.15, 0.2) is 0 Å². The first-order valence-electron chi connectivity index (χ1n) is 6.37. The van der Waals surface area contributed by atoms with E-state index in [2.05, 4.69) is 21.2 Å². The molecule has 0 amide bonds. The summed E-state index contributed by atoms with van der Waals surface area (Å²) in [5, 5.41) is 11.7. The van der Waals surface area contributed by atoms with Crippen molar-refractivity contribution in [3.8, 4) is 0 Å². The fourth-order valence-electron chi connectivity index (χ4n) is 1.89. The predicted octanol–water partition coefficient (Wildman–Crippen LogP) is 4.68. The molecule has 2 nitrogen and oxygen atoms in total. The van der Waals surface area contributed by atoms with Crippen molar-refractivity contribution in [3.63, 3.8) is 0 Å². The minimum absolute atomic E-state index is 0.0731. The van der Waals surface area contributed by atoms with Crippen molar-refractivity contribution in [2.24, 2.45) is 5.41 Å². The Kier molecular flexibility index (Phi) is 5.89. The largest absolute Gasteiger partial charge is 0.418 e. The third-order valence-electron chi connectivity index (χ3n) is 3.06. The average Bonchev–Trinajstić information content (AvgIpc) is 2.33. The summed E-state index contributed by atoms with van der Waals surface area (Å²) in [6.07, 6.45) is -3.00. The van der Waals surface area contributed by atoms with Crippen LogP contribution in [-0.4, -0.2) is 18.3 Å². The molecular formula is C14H19BrF3NO. The van der Waals surface area contributed by atoms with E-state index in [1.165, 1.54) is 12.1 Å². The first-order chi connectivity index (χ1) is 9.15. The van der Waals surface area contributed by atoms with Gasteiger partial charge in [0, 0.05) is 23.3 Å². The highest BCUT2D eigenvalue weighted by Crippen LogP contribution is 2.37. The smallest absolute Gasteiger partial charge is 0.396 e. The third-order valence-corrected chi connectivity index (χ3v) is 3.55. The highest BCUT2D eigenvalue weighted by molar-refractivity contribution is 9.10.